The van der Waals surface area contributed by atoms with Crippen molar-refractivity contribution in [1.82, 2.24) is 4.72 Å². The first kappa shape index (κ1) is 21.5. The second kappa shape index (κ2) is 9.64. The number of carbonyl (C=O) groups excluding carboxylic acids is 1. The van der Waals surface area contributed by atoms with Crippen LogP contribution in [-0.4, -0.2) is 14.3 Å². The predicted octanol–water partition coefficient (Wildman–Crippen LogP) is 4.53. The molecule has 0 bridgehead atoms. The molecule has 7 heteroatoms. The van der Waals surface area contributed by atoms with Crippen LogP contribution in [0.4, 0.5) is 5.69 Å². The fourth-order valence-electron chi connectivity index (χ4n) is 3.38. The minimum absolute atomic E-state index is 0.0592. The van der Waals surface area contributed by atoms with Crippen molar-refractivity contribution < 1.29 is 17.6 Å². The highest BCUT2D eigenvalue weighted by molar-refractivity contribution is 7.89. The number of benzene rings is 3. The van der Waals surface area contributed by atoms with Gasteiger partial charge in [-0.2, -0.15) is 0 Å². The number of hydrogen-bond acceptors (Lipinski definition) is 4. The van der Waals surface area contributed by atoms with Crippen LogP contribution in [0.3, 0.4) is 0 Å². The third-order valence-corrected chi connectivity index (χ3v) is 6.39. The van der Waals surface area contributed by atoms with Gasteiger partial charge in [-0.3, -0.25) is 4.79 Å². The van der Waals surface area contributed by atoms with E-state index in [2.05, 4.69) is 10.0 Å². The van der Waals surface area contributed by atoms with Gasteiger partial charge < -0.3 is 9.73 Å². The zero-order valence-electron chi connectivity index (χ0n) is 17.1. The molecule has 0 saturated carbocycles. The van der Waals surface area contributed by atoms with Gasteiger partial charge in [0.1, 0.15) is 5.76 Å². The molecule has 2 N–H and O–H groups in total. The van der Waals surface area contributed by atoms with Crippen LogP contribution in [-0.2, 0) is 21.4 Å². The molecule has 4 aromatic rings. The van der Waals surface area contributed by atoms with E-state index in [1.54, 1.807) is 24.3 Å². The van der Waals surface area contributed by atoms with Crippen LogP contribution in [0.15, 0.2) is 113 Å². The third-order valence-electron chi connectivity index (χ3n) is 4.98. The molecule has 0 aliphatic rings. The van der Waals surface area contributed by atoms with Crippen molar-refractivity contribution in [1.29, 1.82) is 0 Å². The number of rotatable bonds is 8. The molecule has 1 aromatic heterocycles. The van der Waals surface area contributed by atoms with Gasteiger partial charge in [0.25, 0.3) is 0 Å². The maximum atomic E-state index is 13.2. The van der Waals surface area contributed by atoms with Crippen LogP contribution in [0.25, 0.3) is 0 Å². The Morgan fingerprint density at radius 2 is 1.38 bits per heavy atom. The van der Waals surface area contributed by atoms with Crippen molar-refractivity contribution in [2.45, 2.75) is 17.4 Å². The molecule has 0 fully saturated rings. The lowest BCUT2D eigenvalue weighted by Crippen LogP contribution is -2.23. The van der Waals surface area contributed by atoms with Gasteiger partial charge in [0.05, 0.1) is 23.6 Å². The van der Waals surface area contributed by atoms with Crippen molar-refractivity contribution in [3.8, 4) is 0 Å². The van der Waals surface area contributed by atoms with Crippen molar-refractivity contribution in [2.75, 3.05) is 5.32 Å². The maximum Gasteiger partial charge on any atom is 0.240 e. The monoisotopic (exact) mass is 446 g/mol. The average molecular weight is 447 g/mol. The quantitative estimate of drug-likeness (QED) is 0.416. The van der Waals surface area contributed by atoms with E-state index in [0.717, 1.165) is 11.1 Å². The zero-order chi connectivity index (χ0) is 22.4. The predicted molar refractivity (Wildman–Crippen MR) is 123 cm³/mol. The Balaban J connectivity index is 1.50. The van der Waals surface area contributed by atoms with Gasteiger partial charge in [-0.1, -0.05) is 60.7 Å². The molecule has 1 heterocycles. The number of amides is 1. The molecule has 0 aliphatic heterocycles. The number of anilines is 1. The summed E-state index contributed by atoms with van der Waals surface area (Å²) in [6.07, 6.45) is 1.49. The smallest absolute Gasteiger partial charge is 0.240 e. The third kappa shape index (κ3) is 5.14. The molecule has 0 aliphatic carbocycles. The van der Waals surface area contributed by atoms with Gasteiger partial charge in [0, 0.05) is 5.69 Å². The van der Waals surface area contributed by atoms with E-state index in [4.69, 9.17) is 4.42 Å². The maximum absolute atomic E-state index is 13.2. The van der Waals surface area contributed by atoms with Gasteiger partial charge in [-0.05, 0) is 47.5 Å². The number of sulfonamides is 1. The van der Waals surface area contributed by atoms with Gasteiger partial charge in [0.15, 0.2) is 0 Å². The summed E-state index contributed by atoms with van der Waals surface area (Å²) in [5.41, 5.74) is 2.26. The summed E-state index contributed by atoms with van der Waals surface area (Å²) in [5, 5.41) is 2.90. The van der Waals surface area contributed by atoms with Crippen LogP contribution in [0, 0.1) is 0 Å². The minimum atomic E-state index is -3.71. The standard InChI is InChI=1S/C25H22N2O4S/c28-25(24(19-8-3-1-4-9-19)20-10-5-2-6-11-20)27-21-13-15-23(16-14-21)32(29,30)26-18-22-12-7-17-31-22/h1-17,24,26H,18H2,(H,27,28). The van der Waals surface area contributed by atoms with Gasteiger partial charge in [-0.15, -0.1) is 0 Å². The Morgan fingerprint density at radius 3 is 1.91 bits per heavy atom. The van der Waals surface area contributed by atoms with Crippen LogP contribution < -0.4 is 10.0 Å². The largest absolute Gasteiger partial charge is 0.468 e. The summed E-state index contributed by atoms with van der Waals surface area (Å²) < 4.78 is 32.6. The topological polar surface area (TPSA) is 88.4 Å². The summed E-state index contributed by atoms with van der Waals surface area (Å²) >= 11 is 0. The second-order valence-electron chi connectivity index (χ2n) is 7.17. The Labute approximate surface area is 187 Å². The number of carbonyl (C=O) groups is 1. The summed E-state index contributed by atoms with van der Waals surface area (Å²) in [6, 6.07) is 28.5. The van der Waals surface area contributed by atoms with E-state index in [-0.39, 0.29) is 17.3 Å². The van der Waals surface area contributed by atoms with E-state index in [1.165, 1.54) is 18.4 Å². The van der Waals surface area contributed by atoms with Gasteiger partial charge in [-0.25, -0.2) is 13.1 Å². The molecule has 0 unspecified atom stereocenters. The molecule has 32 heavy (non-hydrogen) atoms. The van der Waals surface area contributed by atoms with Crippen LogP contribution >= 0.6 is 0 Å². The molecule has 0 spiro atoms. The Bertz CT molecular complexity index is 1220. The van der Waals surface area contributed by atoms with E-state index in [0.29, 0.717) is 11.4 Å². The van der Waals surface area contributed by atoms with Crippen LogP contribution in [0.2, 0.25) is 0 Å². The summed E-state index contributed by atoms with van der Waals surface area (Å²) in [6.45, 7) is 0.0592. The van der Waals surface area contributed by atoms with E-state index < -0.39 is 15.9 Å². The lowest BCUT2D eigenvalue weighted by atomic mass is 9.90. The number of furan rings is 1. The van der Waals surface area contributed by atoms with Crippen molar-refractivity contribution in [3.05, 3.63) is 120 Å². The van der Waals surface area contributed by atoms with Gasteiger partial charge in [0.2, 0.25) is 15.9 Å². The first-order valence-electron chi connectivity index (χ1n) is 10.1. The molecule has 0 atom stereocenters. The summed E-state index contributed by atoms with van der Waals surface area (Å²) in [4.78, 5) is 13.3. The molecule has 0 saturated heterocycles. The molecule has 0 radical (unpaired) electrons. The highest BCUT2D eigenvalue weighted by Crippen LogP contribution is 2.26. The average Bonchev–Trinajstić information content (AvgIpc) is 3.34. The first-order chi connectivity index (χ1) is 15.5. The van der Waals surface area contributed by atoms with E-state index >= 15 is 0 Å². The van der Waals surface area contributed by atoms with Crippen molar-refractivity contribution >= 4 is 21.6 Å². The van der Waals surface area contributed by atoms with E-state index in [1.807, 2.05) is 60.7 Å². The second-order valence-corrected chi connectivity index (χ2v) is 8.94. The molecule has 1 amide bonds. The highest BCUT2D eigenvalue weighted by atomic mass is 32.2. The zero-order valence-corrected chi connectivity index (χ0v) is 18.0. The molecular weight excluding hydrogens is 424 g/mol. The van der Waals surface area contributed by atoms with E-state index in [9.17, 15) is 13.2 Å². The Kier molecular flexibility index (Phi) is 6.49. The fraction of sp³-hybridized carbons (Fsp3) is 0.0800. The molecule has 6 nitrogen and oxygen atoms in total. The summed E-state index contributed by atoms with van der Waals surface area (Å²) in [7, 11) is -3.71. The number of hydrogen-bond donors (Lipinski definition) is 2. The lowest BCUT2D eigenvalue weighted by Gasteiger charge is -2.18. The minimum Gasteiger partial charge on any atom is -0.468 e. The lowest BCUT2D eigenvalue weighted by molar-refractivity contribution is -0.116. The molecule has 4 rings (SSSR count). The highest BCUT2D eigenvalue weighted by Gasteiger charge is 2.23. The summed E-state index contributed by atoms with van der Waals surface area (Å²) in [5.74, 6) is -0.171. The van der Waals surface area contributed by atoms with Crippen molar-refractivity contribution in [2.24, 2.45) is 0 Å². The molecule has 3 aromatic carbocycles. The molecule has 162 valence electrons. The van der Waals surface area contributed by atoms with Gasteiger partial charge >= 0.3 is 0 Å². The fourth-order valence-corrected chi connectivity index (χ4v) is 4.37. The number of nitrogens with one attached hydrogen (secondary N) is 2. The van der Waals surface area contributed by atoms with Crippen LogP contribution in [0.1, 0.15) is 22.8 Å². The van der Waals surface area contributed by atoms with Crippen molar-refractivity contribution in [3.63, 3.8) is 0 Å². The Morgan fingerprint density at radius 1 is 0.781 bits per heavy atom. The van der Waals surface area contributed by atoms with Crippen LogP contribution in [0.5, 0.6) is 0 Å². The SMILES string of the molecule is O=C(Nc1ccc(S(=O)(=O)NCc2ccco2)cc1)C(c1ccccc1)c1ccccc1. The molecular formula is C25H22N2O4S. The first-order valence-corrected chi connectivity index (χ1v) is 11.5. The normalized spacial score (nSPS) is 11.4. The Hall–Kier alpha value is -3.68.